The number of carbonyl (C=O) groups excluding carboxylic acids is 2. The van der Waals surface area contributed by atoms with Crippen LogP contribution in [0.15, 0.2) is 6.07 Å². The quantitative estimate of drug-likeness (QED) is 0.784. The summed E-state index contributed by atoms with van der Waals surface area (Å²) in [6.45, 7) is 8.18. The van der Waals surface area contributed by atoms with Crippen molar-refractivity contribution in [1.29, 1.82) is 0 Å². The molecule has 0 atom stereocenters. The molecule has 0 radical (unpaired) electrons. The van der Waals surface area contributed by atoms with Crippen molar-refractivity contribution < 1.29 is 9.59 Å². The summed E-state index contributed by atoms with van der Waals surface area (Å²) < 4.78 is 2.15. The Morgan fingerprint density at radius 1 is 1.07 bits per heavy atom. The molecular weight excluding hydrogens is 338 g/mol. The SMILES string of the molecule is Cc1cc(C(=O)NNC(=O)CC23CC4CC(CC(C4)C2)C3)c(C)n1C(C)C. The molecule has 27 heavy (non-hydrogen) atoms. The molecule has 0 saturated heterocycles. The molecule has 5 nitrogen and oxygen atoms in total. The van der Waals surface area contributed by atoms with Gasteiger partial charge in [0.15, 0.2) is 0 Å². The van der Waals surface area contributed by atoms with E-state index >= 15 is 0 Å². The summed E-state index contributed by atoms with van der Waals surface area (Å²) in [5.41, 5.74) is 8.17. The normalized spacial score (nSPS) is 31.4. The standard InChI is InChI=1S/C22H33N3O2/c1-13(2)25-14(3)5-19(15(25)4)21(27)24-23-20(26)12-22-9-16-6-17(10-22)8-18(7-16)11-22/h5,13,16-18H,6-12H2,1-4H3,(H,23,26)(H,24,27). The molecule has 1 aromatic heterocycles. The van der Waals surface area contributed by atoms with Gasteiger partial charge in [0.05, 0.1) is 5.56 Å². The lowest BCUT2D eigenvalue weighted by atomic mass is 9.49. The molecule has 4 fully saturated rings. The van der Waals surface area contributed by atoms with Gasteiger partial charge in [-0.2, -0.15) is 0 Å². The molecule has 5 rings (SSSR count). The molecule has 5 heteroatoms. The molecule has 4 saturated carbocycles. The number of aryl methyl sites for hydroxylation is 1. The van der Waals surface area contributed by atoms with Crippen LogP contribution >= 0.6 is 0 Å². The van der Waals surface area contributed by atoms with E-state index in [0.29, 0.717) is 18.0 Å². The van der Waals surface area contributed by atoms with E-state index in [1.165, 1.54) is 38.5 Å². The first-order chi connectivity index (χ1) is 12.8. The maximum Gasteiger partial charge on any atom is 0.271 e. The van der Waals surface area contributed by atoms with Crippen LogP contribution in [-0.4, -0.2) is 16.4 Å². The first-order valence-electron chi connectivity index (χ1n) is 10.5. The molecule has 0 spiro atoms. The fraction of sp³-hybridized carbons (Fsp3) is 0.727. The Labute approximate surface area is 162 Å². The third kappa shape index (κ3) is 3.41. The van der Waals surface area contributed by atoms with E-state index in [2.05, 4.69) is 29.3 Å². The monoisotopic (exact) mass is 371 g/mol. The minimum absolute atomic E-state index is 0.0389. The summed E-state index contributed by atoms with van der Waals surface area (Å²) in [5.74, 6) is 2.23. The Hall–Kier alpha value is -1.78. The fourth-order valence-corrected chi connectivity index (χ4v) is 6.89. The highest BCUT2D eigenvalue weighted by atomic mass is 16.2. The van der Waals surface area contributed by atoms with Crippen LogP contribution in [0, 0.1) is 37.0 Å². The predicted octanol–water partition coefficient (Wildman–Crippen LogP) is 4.05. The van der Waals surface area contributed by atoms with Crippen LogP contribution in [0.2, 0.25) is 0 Å². The van der Waals surface area contributed by atoms with Crippen LogP contribution in [0.4, 0.5) is 0 Å². The topological polar surface area (TPSA) is 63.1 Å². The van der Waals surface area contributed by atoms with Gasteiger partial charge in [-0.1, -0.05) is 0 Å². The Morgan fingerprint density at radius 3 is 2.11 bits per heavy atom. The fourth-order valence-electron chi connectivity index (χ4n) is 6.89. The maximum absolute atomic E-state index is 12.6. The molecule has 4 aliphatic rings. The largest absolute Gasteiger partial charge is 0.346 e. The number of hydrogen-bond acceptors (Lipinski definition) is 2. The number of hydrazine groups is 1. The van der Waals surface area contributed by atoms with E-state index in [9.17, 15) is 9.59 Å². The molecule has 1 aromatic rings. The summed E-state index contributed by atoms with van der Waals surface area (Å²) in [6, 6.07) is 2.20. The molecule has 4 aliphatic carbocycles. The summed E-state index contributed by atoms with van der Waals surface area (Å²) in [5, 5.41) is 0. The molecule has 2 N–H and O–H groups in total. The van der Waals surface area contributed by atoms with Crippen molar-refractivity contribution in [2.45, 2.75) is 78.7 Å². The van der Waals surface area contributed by atoms with E-state index in [1.807, 2.05) is 19.9 Å². The lowest BCUT2D eigenvalue weighted by Crippen LogP contribution is -2.50. The van der Waals surface area contributed by atoms with Gasteiger partial charge in [-0.05, 0) is 95.5 Å². The molecule has 1 heterocycles. The van der Waals surface area contributed by atoms with Crippen molar-refractivity contribution in [3.8, 4) is 0 Å². The number of rotatable bonds is 4. The van der Waals surface area contributed by atoms with Crippen LogP contribution in [0.5, 0.6) is 0 Å². The van der Waals surface area contributed by atoms with Crippen LogP contribution in [0.3, 0.4) is 0 Å². The number of nitrogens with zero attached hydrogens (tertiary/aromatic N) is 1. The van der Waals surface area contributed by atoms with E-state index in [4.69, 9.17) is 0 Å². The van der Waals surface area contributed by atoms with Crippen molar-refractivity contribution in [1.82, 2.24) is 15.4 Å². The summed E-state index contributed by atoms with van der Waals surface area (Å²) in [6.07, 6.45) is 8.30. The second-order valence-electron chi connectivity index (χ2n) is 9.85. The van der Waals surface area contributed by atoms with Crippen LogP contribution < -0.4 is 10.9 Å². The highest BCUT2D eigenvalue weighted by molar-refractivity contribution is 5.96. The Bertz CT molecular complexity index is 727. The Morgan fingerprint density at radius 2 is 1.63 bits per heavy atom. The van der Waals surface area contributed by atoms with Crippen LogP contribution in [-0.2, 0) is 4.79 Å². The van der Waals surface area contributed by atoms with E-state index in [0.717, 1.165) is 29.1 Å². The number of nitrogens with one attached hydrogen (secondary N) is 2. The third-order valence-corrected chi connectivity index (χ3v) is 7.26. The van der Waals surface area contributed by atoms with E-state index in [-0.39, 0.29) is 17.2 Å². The van der Waals surface area contributed by atoms with Gasteiger partial charge in [-0.3, -0.25) is 20.4 Å². The molecule has 148 valence electrons. The molecule has 0 unspecified atom stereocenters. The van der Waals surface area contributed by atoms with Gasteiger partial charge in [-0.25, -0.2) is 0 Å². The predicted molar refractivity (Wildman–Crippen MR) is 105 cm³/mol. The zero-order valence-corrected chi connectivity index (χ0v) is 17.1. The first-order valence-corrected chi connectivity index (χ1v) is 10.5. The van der Waals surface area contributed by atoms with Crippen LogP contribution in [0.25, 0.3) is 0 Å². The van der Waals surface area contributed by atoms with Crippen molar-refractivity contribution >= 4 is 11.8 Å². The van der Waals surface area contributed by atoms with Crippen molar-refractivity contribution in [2.75, 3.05) is 0 Å². The van der Waals surface area contributed by atoms with E-state index in [1.54, 1.807) is 0 Å². The van der Waals surface area contributed by atoms with E-state index < -0.39 is 0 Å². The number of hydrogen-bond donors (Lipinski definition) is 2. The minimum Gasteiger partial charge on any atom is -0.346 e. The number of carbonyl (C=O) groups is 2. The zero-order chi connectivity index (χ0) is 19.3. The second kappa shape index (κ2) is 6.68. The highest BCUT2D eigenvalue weighted by Crippen LogP contribution is 2.61. The maximum atomic E-state index is 12.6. The smallest absolute Gasteiger partial charge is 0.271 e. The Kier molecular flexibility index (Phi) is 4.59. The van der Waals surface area contributed by atoms with Crippen molar-refractivity contribution in [2.24, 2.45) is 23.2 Å². The summed E-state index contributed by atoms with van der Waals surface area (Å²) in [4.78, 5) is 25.2. The average molecular weight is 372 g/mol. The molecule has 4 bridgehead atoms. The Balaban J connectivity index is 1.36. The minimum atomic E-state index is -0.228. The zero-order valence-electron chi connectivity index (χ0n) is 17.1. The lowest BCUT2D eigenvalue weighted by molar-refractivity contribution is -0.130. The van der Waals surface area contributed by atoms with Gasteiger partial charge in [0.25, 0.3) is 5.91 Å². The molecular formula is C22H33N3O2. The third-order valence-electron chi connectivity index (χ3n) is 7.26. The number of amides is 2. The molecule has 0 aromatic carbocycles. The highest BCUT2D eigenvalue weighted by Gasteiger charge is 2.51. The van der Waals surface area contributed by atoms with Gasteiger partial charge in [0, 0.05) is 23.9 Å². The summed E-state index contributed by atoms with van der Waals surface area (Å²) in [7, 11) is 0. The average Bonchev–Trinajstić information content (AvgIpc) is 2.85. The summed E-state index contributed by atoms with van der Waals surface area (Å²) >= 11 is 0. The van der Waals surface area contributed by atoms with Gasteiger partial charge in [-0.15, -0.1) is 0 Å². The second-order valence-corrected chi connectivity index (χ2v) is 9.85. The van der Waals surface area contributed by atoms with Gasteiger partial charge in [0.1, 0.15) is 0 Å². The van der Waals surface area contributed by atoms with Gasteiger partial charge in [0.2, 0.25) is 5.91 Å². The lowest BCUT2D eigenvalue weighted by Gasteiger charge is -2.56. The van der Waals surface area contributed by atoms with Crippen molar-refractivity contribution in [3.05, 3.63) is 23.0 Å². The first kappa shape index (κ1) is 18.6. The van der Waals surface area contributed by atoms with Crippen LogP contribution in [0.1, 0.15) is 86.6 Å². The molecule has 0 aliphatic heterocycles. The number of aromatic nitrogens is 1. The van der Waals surface area contributed by atoms with Gasteiger partial charge < -0.3 is 4.57 Å². The molecule has 2 amide bonds. The van der Waals surface area contributed by atoms with Gasteiger partial charge >= 0.3 is 0 Å². The van der Waals surface area contributed by atoms with Crippen molar-refractivity contribution in [3.63, 3.8) is 0 Å².